The summed E-state index contributed by atoms with van der Waals surface area (Å²) in [6.07, 6.45) is 2.07. The zero-order valence-electron chi connectivity index (χ0n) is 11.7. The fourth-order valence-corrected chi connectivity index (χ4v) is 2.68. The minimum absolute atomic E-state index is 0.311. The molecule has 1 nitrogen and oxygen atoms in total. The highest BCUT2D eigenvalue weighted by Gasteiger charge is 2.19. The minimum atomic E-state index is 0.311. The van der Waals surface area contributed by atoms with Gasteiger partial charge in [0.1, 0.15) is 0 Å². The molecule has 0 aliphatic carbocycles. The Morgan fingerprint density at radius 2 is 1.89 bits per heavy atom. The summed E-state index contributed by atoms with van der Waals surface area (Å²) >= 11 is 12.2. The highest BCUT2D eigenvalue weighted by Crippen LogP contribution is 2.26. The van der Waals surface area contributed by atoms with Gasteiger partial charge in [-0.1, -0.05) is 57.0 Å². The van der Waals surface area contributed by atoms with Gasteiger partial charge in [0.2, 0.25) is 0 Å². The van der Waals surface area contributed by atoms with Crippen LogP contribution in [0, 0.1) is 5.41 Å². The lowest BCUT2D eigenvalue weighted by molar-refractivity contribution is 0.309. The molecule has 1 rings (SSSR count). The molecule has 1 atom stereocenters. The van der Waals surface area contributed by atoms with Gasteiger partial charge in [0.25, 0.3) is 0 Å². The number of nitrogens with one attached hydrogen (secondary N) is 1. The van der Waals surface area contributed by atoms with Crippen LogP contribution in [-0.2, 0) is 6.42 Å². The summed E-state index contributed by atoms with van der Waals surface area (Å²) < 4.78 is 0. The maximum Gasteiger partial charge on any atom is 0.0453 e. The smallest absolute Gasteiger partial charge is 0.0453 e. The first-order chi connectivity index (χ1) is 8.31. The molecule has 0 bridgehead atoms. The maximum absolute atomic E-state index is 6.23. The molecule has 1 unspecified atom stereocenters. The van der Waals surface area contributed by atoms with E-state index in [-0.39, 0.29) is 0 Å². The van der Waals surface area contributed by atoms with E-state index in [0.29, 0.717) is 16.5 Å². The van der Waals surface area contributed by atoms with E-state index in [0.717, 1.165) is 30.0 Å². The topological polar surface area (TPSA) is 12.0 Å². The van der Waals surface area contributed by atoms with Gasteiger partial charge >= 0.3 is 0 Å². The molecule has 0 amide bonds. The van der Waals surface area contributed by atoms with Crippen molar-refractivity contribution in [2.24, 2.45) is 5.41 Å². The lowest BCUT2D eigenvalue weighted by atomic mass is 9.86. The van der Waals surface area contributed by atoms with Crippen LogP contribution in [0.2, 0.25) is 10.0 Å². The standard InChI is InChI=1S/C15H23Cl2N/c1-5-18-13(10-15(2,3)4)8-11-6-7-12(16)9-14(11)17/h6-7,9,13,18H,5,8,10H2,1-4H3. The van der Waals surface area contributed by atoms with E-state index < -0.39 is 0 Å². The molecule has 0 aliphatic heterocycles. The van der Waals surface area contributed by atoms with Crippen molar-refractivity contribution in [3.05, 3.63) is 33.8 Å². The molecular formula is C15H23Cl2N. The molecule has 0 heterocycles. The average molecular weight is 288 g/mol. The van der Waals surface area contributed by atoms with Crippen LogP contribution in [-0.4, -0.2) is 12.6 Å². The number of halogens is 2. The molecule has 0 saturated carbocycles. The number of likely N-dealkylation sites (N-methyl/N-ethyl adjacent to an activating group) is 1. The molecule has 1 aromatic carbocycles. The highest BCUT2D eigenvalue weighted by molar-refractivity contribution is 6.35. The summed E-state index contributed by atoms with van der Waals surface area (Å²) in [6, 6.07) is 6.20. The Morgan fingerprint density at radius 1 is 1.22 bits per heavy atom. The normalized spacial score (nSPS) is 13.7. The lowest BCUT2D eigenvalue weighted by Crippen LogP contribution is -2.34. The summed E-state index contributed by atoms with van der Waals surface area (Å²) in [7, 11) is 0. The third-order valence-corrected chi connectivity index (χ3v) is 3.42. The Kier molecular flexibility index (Phi) is 5.97. The zero-order valence-corrected chi connectivity index (χ0v) is 13.2. The Hall–Kier alpha value is -0.240. The van der Waals surface area contributed by atoms with Gasteiger partial charge < -0.3 is 5.32 Å². The molecule has 0 aliphatic rings. The Bertz CT molecular complexity index is 383. The molecular weight excluding hydrogens is 265 g/mol. The predicted octanol–water partition coefficient (Wildman–Crippen LogP) is 4.95. The number of hydrogen-bond donors (Lipinski definition) is 1. The zero-order chi connectivity index (χ0) is 13.8. The molecule has 0 spiro atoms. The molecule has 1 N–H and O–H groups in total. The fourth-order valence-electron chi connectivity index (χ4n) is 2.20. The molecule has 3 heteroatoms. The Balaban J connectivity index is 2.76. The number of rotatable bonds is 5. The quantitative estimate of drug-likeness (QED) is 0.808. The summed E-state index contributed by atoms with van der Waals surface area (Å²) in [5.41, 5.74) is 1.47. The van der Waals surface area contributed by atoms with Gasteiger partial charge in [0.15, 0.2) is 0 Å². The largest absolute Gasteiger partial charge is 0.314 e. The van der Waals surface area contributed by atoms with E-state index in [2.05, 4.69) is 33.0 Å². The predicted molar refractivity (Wildman–Crippen MR) is 81.7 cm³/mol. The molecule has 102 valence electrons. The second-order valence-electron chi connectivity index (χ2n) is 5.96. The van der Waals surface area contributed by atoms with Crippen molar-refractivity contribution in [2.75, 3.05) is 6.54 Å². The third-order valence-electron chi connectivity index (χ3n) is 2.83. The van der Waals surface area contributed by atoms with Crippen LogP contribution in [0.3, 0.4) is 0 Å². The van der Waals surface area contributed by atoms with E-state index >= 15 is 0 Å². The van der Waals surface area contributed by atoms with Crippen LogP contribution in [0.5, 0.6) is 0 Å². The second-order valence-corrected chi connectivity index (χ2v) is 6.80. The van der Waals surface area contributed by atoms with Gasteiger partial charge in [0.05, 0.1) is 0 Å². The van der Waals surface area contributed by atoms with Gasteiger partial charge in [-0.2, -0.15) is 0 Å². The van der Waals surface area contributed by atoms with Crippen LogP contribution in [0.1, 0.15) is 39.7 Å². The summed E-state index contributed by atoms with van der Waals surface area (Å²) in [6.45, 7) is 9.91. The molecule has 18 heavy (non-hydrogen) atoms. The van der Waals surface area contributed by atoms with Gasteiger partial charge in [-0.25, -0.2) is 0 Å². The first-order valence-corrected chi connectivity index (χ1v) is 7.24. The van der Waals surface area contributed by atoms with E-state index in [1.54, 1.807) is 0 Å². The molecule has 0 aromatic heterocycles. The first kappa shape index (κ1) is 15.8. The minimum Gasteiger partial charge on any atom is -0.314 e. The fraction of sp³-hybridized carbons (Fsp3) is 0.600. The van der Waals surface area contributed by atoms with Crippen molar-refractivity contribution in [1.29, 1.82) is 0 Å². The van der Waals surface area contributed by atoms with Gasteiger partial charge in [-0.3, -0.25) is 0 Å². The average Bonchev–Trinajstić information content (AvgIpc) is 2.20. The summed E-state index contributed by atoms with van der Waals surface area (Å²) in [4.78, 5) is 0. The van der Waals surface area contributed by atoms with Crippen LogP contribution in [0.25, 0.3) is 0 Å². The summed E-state index contributed by atoms with van der Waals surface area (Å²) in [5.74, 6) is 0. The number of hydrogen-bond acceptors (Lipinski definition) is 1. The molecule has 1 aromatic rings. The second kappa shape index (κ2) is 6.79. The van der Waals surface area contributed by atoms with Crippen molar-refractivity contribution in [3.8, 4) is 0 Å². The number of benzene rings is 1. The van der Waals surface area contributed by atoms with Crippen molar-refractivity contribution in [2.45, 2.75) is 46.6 Å². The Morgan fingerprint density at radius 3 is 2.39 bits per heavy atom. The van der Waals surface area contributed by atoms with E-state index in [1.165, 1.54) is 0 Å². The van der Waals surface area contributed by atoms with E-state index in [4.69, 9.17) is 23.2 Å². The van der Waals surface area contributed by atoms with Crippen molar-refractivity contribution in [1.82, 2.24) is 5.32 Å². The molecule has 0 saturated heterocycles. The monoisotopic (exact) mass is 287 g/mol. The van der Waals surface area contributed by atoms with Gasteiger partial charge in [0, 0.05) is 16.1 Å². The Labute approximate surface area is 121 Å². The highest BCUT2D eigenvalue weighted by atomic mass is 35.5. The van der Waals surface area contributed by atoms with Gasteiger partial charge in [-0.05, 0) is 42.5 Å². The van der Waals surface area contributed by atoms with Gasteiger partial charge in [-0.15, -0.1) is 0 Å². The lowest BCUT2D eigenvalue weighted by Gasteiger charge is -2.27. The first-order valence-electron chi connectivity index (χ1n) is 6.49. The van der Waals surface area contributed by atoms with Crippen LogP contribution in [0.15, 0.2) is 18.2 Å². The molecule has 0 fully saturated rings. The van der Waals surface area contributed by atoms with E-state index in [9.17, 15) is 0 Å². The third kappa shape index (κ3) is 5.60. The molecule has 0 radical (unpaired) electrons. The van der Waals surface area contributed by atoms with Crippen LogP contribution in [0.4, 0.5) is 0 Å². The van der Waals surface area contributed by atoms with Crippen molar-refractivity contribution < 1.29 is 0 Å². The maximum atomic E-state index is 6.23. The summed E-state index contributed by atoms with van der Waals surface area (Å²) in [5, 5.41) is 5.00. The van der Waals surface area contributed by atoms with E-state index in [1.807, 2.05) is 18.2 Å². The van der Waals surface area contributed by atoms with Crippen molar-refractivity contribution in [3.63, 3.8) is 0 Å². The van der Waals surface area contributed by atoms with Crippen molar-refractivity contribution >= 4 is 23.2 Å². The SMILES string of the molecule is CCNC(Cc1ccc(Cl)cc1Cl)CC(C)(C)C. The van der Waals surface area contributed by atoms with Crippen LogP contribution < -0.4 is 5.32 Å². The van der Waals surface area contributed by atoms with Crippen LogP contribution >= 0.6 is 23.2 Å².